The molecule has 1 N–H and O–H groups in total. The summed E-state index contributed by atoms with van der Waals surface area (Å²) in [6.45, 7) is 8.24. The first kappa shape index (κ1) is 18.3. The molecule has 0 aliphatic carbocycles. The van der Waals surface area contributed by atoms with Crippen molar-refractivity contribution in [1.82, 2.24) is 4.90 Å². The Hall–Kier alpha value is -1.76. The number of hydrogen-bond acceptors (Lipinski definition) is 5. The maximum absolute atomic E-state index is 12.8. The normalized spacial score (nSPS) is 29.3. The molecule has 0 spiro atoms. The van der Waals surface area contributed by atoms with E-state index in [9.17, 15) is 24.3 Å². The number of piperidine rings is 1. The molecule has 7 nitrogen and oxygen atoms in total. The van der Waals surface area contributed by atoms with Crippen molar-refractivity contribution in [2.45, 2.75) is 46.3 Å². The molecule has 2 unspecified atom stereocenters. The van der Waals surface area contributed by atoms with Gasteiger partial charge in [-0.2, -0.15) is 0 Å². The van der Waals surface area contributed by atoms with E-state index in [0.29, 0.717) is 0 Å². The van der Waals surface area contributed by atoms with Crippen molar-refractivity contribution in [1.29, 1.82) is 0 Å². The third kappa shape index (κ3) is 2.90. The molecule has 0 aromatic carbocycles. The van der Waals surface area contributed by atoms with Gasteiger partial charge in [0.05, 0.1) is 12.5 Å². The number of ketones is 2. The van der Waals surface area contributed by atoms with Gasteiger partial charge in [0.1, 0.15) is 11.6 Å². The number of hydrogen-bond donors (Lipinski definition) is 1. The van der Waals surface area contributed by atoms with Gasteiger partial charge in [0.15, 0.2) is 12.1 Å². The van der Waals surface area contributed by atoms with Crippen LogP contribution in [0.4, 0.5) is 4.79 Å². The number of likely N-dealkylation sites (tertiary alicyclic amines) is 1. The first-order valence-electron chi connectivity index (χ1n) is 7.17. The van der Waals surface area contributed by atoms with Gasteiger partial charge in [0, 0.05) is 6.61 Å². The van der Waals surface area contributed by atoms with Crippen LogP contribution in [0.5, 0.6) is 0 Å². The highest BCUT2D eigenvalue weighted by Crippen LogP contribution is 2.43. The zero-order valence-electron chi connectivity index (χ0n) is 13.6. The van der Waals surface area contributed by atoms with E-state index in [0.717, 1.165) is 4.90 Å². The van der Waals surface area contributed by atoms with Gasteiger partial charge in [-0.05, 0) is 19.3 Å². The van der Waals surface area contributed by atoms with Crippen molar-refractivity contribution in [3.05, 3.63) is 0 Å². The summed E-state index contributed by atoms with van der Waals surface area (Å²) in [5.74, 6) is -2.23. The third-order valence-electron chi connectivity index (χ3n) is 4.14. The molecule has 22 heavy (non-hydrogen) atoms. The summed E-state index contributed by atoms with van der Waals surface area (Å²) in [7, 11) is 0. The predicted molar refractivity (Wildman–Crippen MR) is 77.6 cm³/mol. The molecule has 1 heterocycles. The van der Waals surface area contributed by atoms with Crippen LogP contribution in [0, 0.1) is 11.3 Å². The van der Waals surface area contributed by atoms with E-state index >= 15 is 0 Å². The molecule has 1 saturated heterocycles. The lowest BCUT2D eigenvalue weighted by Crippen LogP contribution is -2.71. The minimum absolute atomic E-state index is 0.0863. The Morgan fingerprint density at radius 2 is 2.00 bits per heavy atom. The average molecular weight is 313 g/mol. The van der Waals surface area contributed by atoms with Crippen molar-refractivity contribution < 1.29 is 29.0 Å². The van der Waals surface area contributed by atoms with Gasteiger partial charge in [-0.3, -0.25) is 19.3 Å². The fourth-order valence-electron chi connectivity index (χ4n) is 3.34. The summed E-state index contributed by atoms with van der Waals surface area (Å²) >= 11 is 0. The fourth-order valence-corrected chi connectivity index (χ4v) is 3.34. The minimum atomic E-state index is -1.73. The Balaban J connectivity index is 3.51. The van der Waals surface area contributed by atoms with Crippen LogP contribution < -0.4 is 0 Å². The molecular weight excluding hydrogens is 290 g/mol. The largest absolute Gasteiger partial charge is 0.465 e. The summed E-state index contributed by atoms with van der Waals surface area (Å²) in [4.78, 5) is 48.5. The lowest BCUT2D eigenvalue weighted by atomic mass is 9.62. The SMILES string of the molecule is CCOC1CN(C(=O)O)[C@@](C)(C(=O)C=O)C(C(C)(C)C)C1=O. The standard InChI is InChI=1S/C15H23NO6/c1-6-22-9-7-16(13(20)21)15(5,10(18)8-17)12(11(9)19)14(2,3)4/h8-9,12H,6-7H2,1-5H3,(H,20,21)/t9?,12?,15-/m0/s1. The Labute approximate surface area is 129 Å². The smallest absolute Gasteiger partial charge is 0.408 e. The topological polar surface area (TPSA) is 101 Å². The van der Waals surface area contributed by atoms with Crippen molar-refractivity contribution >= 4 is 23.9 Å². The molecule has 1 amide bonds. The molecule has 0 bridgehead atoms. The monoisotopic (exact) mass is 313 g/mol. The number of rotatable bonds is 4. The highest BCUT2D eigenvalue weighted by molar-refractivity contribution is 6.30. The van der Waals surface area contributed by atoms with Crippen LogP contribution in [0.15, 0.2) is 0 Å². The van der Waals surface area contributed by atoms with Crippen molar-refractivity contribution in [2.75, 3.05) is 13.2 Å². The number of amides is 1. The molecular formula is C15H23NO6. The Kier molecular flexibility index (Phi) is 5.12. The molecule has 0 aromatic rings. The molecule has 124 valence electrons. The number of aldehydes is 1. The van der Waals surface area contributed by atoms with E-state index in [1.165, 1.54) is 6.92 Å². The van der Waals surface area contributed by atoms with E-state index in [2.05, 4.69) is 0 Å². The molecule has 0 saturated carbocycles. The van der Waals surface area contributed by atoms with Crippen LogP contribution in [0.25, 0.3) is 0 Å². The lowest BCUT2D eigenvalue weighted by molar-refractivity contribution is -0.164. The van der Waals surface area contributed by atoms with Crippen LogP contribution in [0.2, 0.25) is 0 Å². The van der Waals surface area contributed by atoms with Crippen molar-refractivity contribution in [3.8, 4) is 0 Å². The van der Waals surface area contributed by atoms with Gasteiger partial charge >= 0.3 is 6.09 Å². The first-order chi connectivity index (χ1) is 10.0. The predicted octanol–water partition coefficient (Wildman–Crippen LogP) is 1.14. The van der Waals surface area contributed by atoms with E-state index < -0.39 is 34.9 Å². The number of carbonyl (C=O) groups is 4. The Morgan fingerprint density at radius 1 is 1.45 bits per heavy atom. The molecule has 1 aliphatic heterocycles. The zero-order valence-corrected chi connectivity index (χ0v) is 13.6. The second-order valence-electron chi connectivity index (χ2n) is 6.67. The maximum atomic E-state index is 12.8. The summed E-state index contributed by atoms with van der Waals surface area (Å²) in [6.07, 6.45) is -2.20. The number of ether oxygens (including phenoxy) is 1. The third-order valence-corrected chi connectivity index (χ3v) is 4.14. The Bertz CT molecular complexity index is 495. The van der Waals surface area contributed by atoms with Gasteiger partial charge in [0.2, 0.25) is 5.78 Å². The zero-order chi connectivity index (χ0) is 17.3. The first-order valence-corrected chi connectivity index (χ1v) is 7.17. The quantitative estimate of drug-likeness (QED) is 0.617. The van der Waals surface area contributed by atoms with Crippen LogP contribution in [0.3, 0.4) is 0 Å². The second-order valence-corrected chi connectivity index (χ2v) is 6.67. The molecule has 0 aromatic heterocycles. The van der Waals surface area contributed by atoms with E-state index in [1.807, 2.05) is 0 Å². The summed E-state index contributed by atoms with van der Waals surface area (Å²) in [5.41, 5.74) is -2.44. The second kappa shape index (κ2) is 6.16. The van der Waals surface area contributed by atoms with Gasteiger partial charge in [-0.25, -0.2) is 4.79 Å². The van der Waals surface area contributed by atoms with Gasteiger partial charge in [-0.1, -0.05) is 20.8 Å². The van der Waals surface area contributed by atoms with Gasteiger partial charge in [0.25, 0.3) is 0 Å². The molecule has 1 rings (SSSR count). The Morgan fingerprint density at radius 3 is 2.36 bits per heavy atom. The van der Waals surface area contributed by atoms with Crippen LogP contribution >= 0.6 is 0 Å². The molecule has 3 atom stereocenters. The molecule has 7 heteroatoms. The number of carbonyl (C=O) groups excluding carboxylic acids is 3. The molecule has 1 aliphatic rings. The average Bonchev–Trinajstić information content (AvgIpc) is 2.39. The number of carboxylic acid groups (broad SMARTS) is 1. The lowest BCUT2D eigenvalue weighted by Gasteiger charge is -2.52. The van der Waals surface area contributed by atoms with E-state index in [1.54, 1.807) is 27.7 Å². The molecule has 1 fully saturated rings. The highest BCUT2D eigenvalue weighted by atomic mass is 16.5. The summed E-state index contributed by atoms with van der Waals surface area (Å²) in [6, 6.07) is 0. The maximum Gasteiger partial charge on any atom is 0.408 e. The van der Waals surface area contributed by atoms with Gasteiger partial charge < -0.3 is 9.84 Å². The van der Waals surface area contributed by atoms with Gasteiger partial charge in [-0.15, -0.1) is 0 Å². The number of Topliss-reactive ketones (excluding diaryl/α,β-unsaturated/α-hetero) is 2. The fraction of sp³-hybridized carbons (Fsp3) is 0.733. The summed E-state index contributed by atoms with van der Waals surface area (Å²) in [5, 5.41) is 9.46. The van der Waals surface area contributed by atoms with Crippen molar-refractivity contribution in [3.63, 3.8) is 0 Å². The van der Waals surface area contributed by atoms with Crippen LogP contribution in [0.1, 0.15) is 34.6 Å². The van der Waals surface area contributed by atoms with Crippen molar-refractivity contribution in [2.24, 2.45) is 11.3 Å². The minimum Gasteiger partial charge on any atom is -0.465 e. The summed E-state index contributed by atoms with van der Waals surface area (Å²) < 4.78 is 5.35. The van der Waals surface area contributed by atoms with Crippen LogP contribution in [-0.2, 0) is 19.1 Å². The number of nitrogens with zero attached hydrogens (tertiary/aromatic N) is 1. The highest BCUT2D eigenvalue weighted by Gasteiger charge is 2.60. The van der Waals surface area contributed by atoms with E-state index in [-0.39, 0.29) is 25.2 Å². The van der Waals surface area contributed by atoms with E-state index in [4.69, 9.17) is 4.74 Å². The molecule has 0 radical (unpaired) electrons. The van der Waals surface area contributed by atoms with Crippen LogP contribution in [-0.4, -0.2) is 58.7 Å².